The highest BCUT2D eigenvalue weighted by atomic mass is 16.2. The summed E-state index contributed by atoms with van der Waals surface area (Å²) in [6.45, 7) is 5.84. The smallest absolute Gasteiger partial charge is 0.254 e. The van der Waals surface area contributed by atoms with Gasteiger partial charge in [0.25, 0.3) is 5.91 Å². The number of piperidine rings is 1. The van der Waals surface area contributed by atoms with E-state index in [0.29, 0.717) is 12.0 Å². The molecule has 0 spiro atoms. The number of hydrogen-bond donors (Lipinski definition) is 1. The fourth-order valence-electron chi connectivity index (χ4n) is 3.77. The molecule has 1 amide bonds. The largest absolute Gasteiger partial charge is 0.337 e. The summed E-state index contributed by atoms with van der Waals surface area (Å²) in [4.78, 5) is 19.6. The molecule has 0 aliphatic carbocycles. The Kier molecular flexibility index (Phi) is 4.03. The first-order valence-corrected chi connectivity index (χ1v) is 8.89. The lowest BCUT2D eigenvalue weighted by Gasteiger charge is -2.34. The predicted octanol–water partition coefficient (Wildman–Crippen LogP) is 3.36. The number of fused-ring (bicyclic) bond motifs is 1. The Morgan fingerprint density at radius 2 is 2.24 bits per heavy atom. The molecular formula is C19H23N5O. The van der Waals surface area contributed by atoms with Crippen LogP contribution in [0.1, 0.15) is 54.8 Å². The molecule has 3 heterocycles. The van der Waals surface area contributed by atoms with E-state index in [1.165, 1.54) is 0 Å². The highest BCUT2D eigenvalue weighted by Gasteiger charge is 2.27. The summed E-state index contributed by atoms with van der Waals surface area (Å²) >= 11 is 0. The second-order valence-corrected chi connectivity index (χ2v) is 7.03. The number of likely N-dealkylation sites (tertiary alicyclic amines) is 1. The van der Waals surface area contributed by atoms with Crippen LogP contribution in [0, 0.1) is 0 Å². The van der Waals surface area contributed by atoms with E-state index in [2.05, 4.69) is 33.6 Å². The van der Waals surface area contributed by atoms with Crippen LogP contribution in [0.2, 0.25) is 0 Å². The average Bonchev–Trinajstić information content (AvgIpc) is 3.30. The van der Waals surface area contributed by atoms with E-state index in [1.807, 2.05) is 35.5 Å². The van der Waals surface area contributed by atoms with Gasteiger partial charge in [-0.05, 0) is 25.0 Å². The lowest BCUT2D eigenvalue weighted by Crippen LogP contribution is -2.41. The topological polar surface area (TPSA) is 66.8 Å². The normalized spacial score (nSPS) is 18.2. The van der Waals surface area contributed by atoms with Crippen molar-refractivity contribution < 1.29 is 4.79 Å². The van der Waals surface area contributed by atoms with E-state index in [1.54, 1.807) is 6.20 Å². The van der Waals surface area contributed by atoms with Crippen LogP contribution in [0.3, 0.4) is 0 Å². The van der Waals surface area contributed by atoms with E-state index in [-0.39, 0.29) is 5.91 Å². The molecule has 0 bridgehead atoms. The Balaban J connectivity index is 1.60. The molecule has 0 unspecified atom stereocenters. The molecule has 0 saturated carbocycles. The molecule has 1 N–H and O–H groups in total. The molecule has 1 fully saturated rings. The van der Waals surface area contributed by atoms with Gasteiger partial charge in [-0.15, -0.1) is 0 Å². The van der Waals surface area contributed by atoms with Gasteiger partial charge in [0.15, 0.2) is 0 Å². The third-order valence-electron chi connectivity index (χ3n) is 5.01. The lowest BCUT2D eigenvalue weighted by molar-refractivity contribution is 0.0679. The molecule has 1 atom stereocenters. The van der Waals surface area contributed by atoms with Crippen molar-refractivity contribution in [2.45, 2.75) is 38.6 Å². The number of rotatable bonds is 3. The van der Waals surface area contributed by atoms with Crippen LogP contribution in [0.5, 0.6) is 0 Å². The molecule has 4 rings (SSSR count). The number of amides is 1. The van der Waals surface area contributed by atoms with Gasteiger partial charge < -0.3 is 9.47 Å². The van der Waals surface area contributed by atoms with Gasteiger partial charge in [0.05, 0.1) is 23.3 Å². The fraction of sp³-hybridized carbons (Fsp3) is 0.421. The molecule has 1 saturated heterocycles. The summed E-state index contributed by atoms with van der Waals surface area (Å²) in [5.74, 6) is 1.56. The number of H-pyrrole nitrogens is 1. The van der Waals surface area contributed by atoms with Crippen LogP contribution in [0.4, 0.5) is 0 Å². The number of carbonyl (C=O) groups is 1. The monoisotopic (exact) mass is 337 g/mol. The third-order valence-corrected chi connectivity index (χ3v) is 5.01. The second-order valence-electron chi connectivity index (χ2n) is 7.03. The number of nitrogens with zero attached hydrogens (tertiary/aromatic N) is 4. The number of aromatic nitrogens is 4. The van der Waals surface area contributed by atoms with Crippen molar-refractivity contribution in [2.75, 3.05) is 13.1 Å². The zero-order valence-corrected chi connectivity index (χ0v) is 14.6. The SMILES string of the molecule is CC(C)c1nccn1[C@H]1CCCN(C(=O)c2cccc3[nH]ncc23)C1. The Labute approximate surface area is 146 Å². The number of imidazole rings is 1. The molecule has 1 aromatic carbocycles. The standard InChI is InChI=1S/C19H23N5O/c1-13(2)18-20-8-10-24(18)14-5-4-9-23(12-14)19(25)15-6-3-7-17-16(15)11-21-22-17/h3,6-8,10-11,13-14H,4-5,9,12H2,1-2H3,(H,21,22)/t14-/m0/s1. The molecule has 1 aliphatic rings. The predicted molar refractivity (Wildman–Crippen MR) is 96.6 cm³/mol. The first-order chi connectivity index (χ1) is 12.1. The third kappa shape index (κ3) is 2.81. The zero-order valence-electron chi connectivity index (χ0n) is 14.6. The minimum absolute atomic E-state index is 0.0860. The maximum atomic E-state index is 13.1. The molecule has 25 heavy (non-hydrogen) atoms. The number of hydrogen-bond acceptors (Lipinski definition) is 3. The summed E-state index contributed by atoms with van der Waals surface area (Å²) < 4.78 is 2.25. The van der Waals surface area contributed by atoms with Gasteiger partial charge >= 0.3 is 0 Å². The molecule has 130 valence electrons. The number of aromatic amines is 1. The van der Waals surface area contributed by atoms with Crippen molar-refractivity contribution in [3.05, 3.63) is 48.2 Å². The molecule has 3 aromatic rings. The first-order valence-electron chi connectivity index (χ1n) is 8.89. The first kappa shape index (κ1) is 15.9. The quantitative estimate of drug-likeness (QED) is 0.797. The van der Waals surface area contributed by atoms with Gasteiger partial charge in [0, 0.05) is 36.8 Å². The minimum Gasteiger partial charge on any atom is -0.337 e. The summed E-state index contributed by atoms with van der Waals surface area (Å²) in [6.07, 6.45) is 7.73. The van der Waals surface area contributed by atoms with Gasteiger partial charge in [0.2, 0.25) is 0 Å². The minimum atomic E-state index is 0.0860. The molecule has 0 radical (unpaired) electrons. The van der Waals surface area contributed by atoms with Gasteiger partial charge in [-0.3, -0.25) is 9.89 Å². The van der Waals surface area contributed by atoms with E-state index >= 15 is 0 Å². The van der Waals surface area contributed by atoms with Crippen molar-refractivity contribution in [2.24, 2.45) is 0 Å². The Morgan fingerprint density at radius 3 is 3.08 bits per heavy atom. The summed E-state index contributed by atoms with van der Waals surface area (Å²) in [6, 6.07) is 6.03. The Morgan fingerprint density at radius 1 is 1.36 bits per heavy atom. The maximum absolute atomic E-state index is 13.1. The van der Waals surface area contributed by atoms with E-state index in [0.717, 1.165) is 48.2 Å². The number of carbonyl (C=O) groups excluding carboxylic acids is 1. The van der Waals surface area contributed by atoms with E-state index in [9.17, 15) is 4.79 Å². The zero-order chi connectivity index (χ0) is 17.4. The van der Waals surface area contributed by atoms with Crippen LogP contribution < -0.4 is 0 Å². The summed E-state index contributed by atoms with van der Waals surface area (Å²) in [5.41, 5.74) is 1.62. The number of benzene rings is 1. The highest BCUT2D eigenvalue weighted by Crippen LogP contribution is 2.27. The molecule has 2 aromatic heterocycles. The molecule has 6 heteroatoms. The van der Waals surface area contributed by atoms with Crippen molar-refractivity contribution >= 4 is 16.8 Å². The lowest BCUT2D eigenvalue weighted by atomic mass is 10.0. The van der Waals surface area contributed by atoms with E-state index < -0.39 is 0 Å². The van der Waals surface area contributed by atoms with Gasteiger partial charge in [-0.1, -0.05) is 19.9 Å². The highest BCUT2D eigenvalue weighted by molar-refractivity contribution is 6.06. The molecule has 1 aliphatic heterocycles. The molecular weight excluding hydrogens is 314 g/mol. The van der Waals surface area contributed by atoms with Crippen LogP contribution in [0.25, 0.3) is 10.9 Å². The summed E-state index contributed by atoms with van der Waals surface area (Å²) in [5, 5.41) is 7.89. The Hall–Kier alpha value is -2.63. The second kappa shape index (κ2) is 6.35. The summed E-state index contributed by atoms with van der Waals surface area (Å²) in [7, 11) is 0. The Bertz CT molecular complexity index is 894. The van der Waals surface area contributed by atoms with Crippen molar-refractivity contribution in [1.29, 1.82) is 0 Å². The average molecular weight is 337 g/mol. The number of nitrogens with one attached hydrogen (secondary N) is 1. The van der Waals surface area contributed by atoms with Gasteiger partial charge in [-0.2, -0.15) is 5.10 Å². The maximum Gasteiger partial charge on any atom is 0.254 e. The van der Waals surface area contributed by atoms with Gasteiger partial charge in [0.1, 0.15) is 5.82 Å². The van der Waals surface area contributed by atoms with Crippen molar-refractivity contribution in [3.63, 3.8) is 0 Å². The van der Waals surface area contributed by atoms with E-state index in [4.69, 9.17) is 0 Å². The van der Waals surface area contributed by atoms with Gasteiger partial charge in [-0.25, -0.2) is 4.98 Å². The van der Waals surface area contributed by atoms with Crippen molar-refractivity contribution in [3.8, 4) is 0 Å². The van der Waals surface area contributed by atoms with Crippen LogP contribution in [0.15, 0.2) is 36.8 Å². The van der Waals surface area contributed by atoms with Crippen molar-refractivity contribution in [1.82, 2.24) is 24.6 Å². The fourth-order valence-corrected chi connectivity index (χ4v) is 3.77. The van der Waals surface area contributed by atoms with Crippen LogP contribution >= 0.6 is 0 Å². The molecule has 6 nitrogen and oxygen atoms in total. The van der Waals surface area contributed by atoms with Crippen LogP contribution in [-0.4, -0.2) is 43.6 Å². The van der Waals surface area contributed by atoms with Crippen LogP contribution in [-0.2, 0) is 0 Å².